The molecule has 6 heteroatoms. The molecule has 1 aliphatic carbocycles. The summed E-state index contributed by atoms with van der Waals surface area (Å²) in [6, 6.07) is 16.2. The van der Waals surface area contributed by atoms with E-state index < -0.39 is 0 Å². The number of nitrogens with zero attached hydrogens (tertiary/aromatic N) is 2. The van der Waals surface area contributed by atoms with Gasteiger partial charge in [-0.15, -0.1) is 12.4 Å². The van der Waals surface area contributed by atoms with E-state index in [-0.39, 0.29) is 18.3 Å². The van der Waals surface area contributed by atoms with Crippen LogP contribution in [0.25, 0.3) is 5.69 Å². The second kappa shape index (κ2) is 9.25. The summed E-state index contributed by atoms with van der Waals surface area (Å²) in [6.45, 7) is 5.75. The summed E-state index contributed by atoms with van der Waals surface area (Å²) in [6.07, 6.45) is 2.93. The van der Waals surface area contributed by atoms with Crippen LogP contribution >= 0.6 is 12.4 Å². The Balaban J connectivity index is 0.00000240. The number of benzene rings is 2. The van der Waals surface area contributed by atoms with Crippen LogP contribution in [-0.4, -0.2) is 22.2 Å². The molecule has 0 saturated carbocycles. The number of carbonyl (C=O) groups is 1. The number of hydrogen-bond acceptors (Lipinski definition) is 3. The first-order valence-corrected chi connectivity index (χ1v) is 9.95. The first-order chi connectivity index (χ1) is 13.7. The quantitative estimate of drug-likeness (QED) is 0.631. The Hall–Kier alpha value is -2.63. The molecule has 1 aromatic heterocycles. The summed E-state index contributed by atoms with van der Waals surface area (Å²) in [5.41, 5.74) is 6.93. The monoisotopic (exact) mass is 410 g/mol. The van der Waals surface area contributed by atoms with E-state index in [1.807, 2.05) is 28.9 Å². The van der Waals surface area contributed by atoms with Crippen LogP contribution in [0.5, 0.6) is 0 Å². The van der Waals surface area contributed by atoms with Crippen molar-refractivity contribution in [3.8, 4) is 5.69 Å². The smallest absolute Gasteiger partial charge is 0.276 e. The molecule has 0 bridgehead atoms. The van der Waals surface area contributed by atoms with Gasteiger partial charge in [-0.1, -0.05) is 42.8 Å². The largest absolute Gasteiger partial charge is 0.320 e. The number of fused-ring (bicyclic) bond motifs is 1. The predicted octanol–water partition coefficient (Wildman–Crippen LogP) is 4.45. The van der Waals surface area contributed by atoms with Crippen molar-refractivity contribution in [2.45, 2.75) is 39.7 Å². The number of halogens is 1. The van der Waals surface area contributed by atoms with Gasteiger partial charge < -0.3 is 10.6 Å². The molecule has 3 aromatic rings. The van der Waals surface area contributed by atoms with Crippen molar-refractivity contribution in [2.24, 2.45) is 0 Å². The molecule has 2 aromatic carbocycles. The summed E-state index contributed by atoms with van der Waals surface area (Å²) < 4.78 is 1.95. The maximum atomic E-state index is 13.1. The van der Waals surface area contributed by atoms with Crippen molar-refractivity contribution in [1.29, 1.82) is 0 Å². The third-order valence-electron chi connectivity index (χ3n) is 5.25. The van der Waals surface area contributed by atoms with Gasteiger partial charge in [0.15, 0.2) is 5.69 Å². The maximum absolute atomic E-state index is 13.1. The van der Waals surface area contributed by atoms with Gasteiger partial charge in [-0.3, -0.25) is 4.79 Å². The van der Waals surface area contributed by atoms with Gasteiger partial charge in [0.2, 0.25) is 0 Å². The normalized spacial score (nSPS) is 12.3. The minimum Gasteiger partial charge on any atom is -0.320 e. The zero-order chi connectivity index (χ0) is 19.5. The Labute approximate surface area is 177 Å². The second-order valence-electron chi connectivity index (χ2n) is 7.27. The Morgan fingerprint density at radius 2 is 1.86 bits per heavy atom. The topological polar surface area (TPSA) is 58.9 Å². The highest BCUT2D eigenvalue weighted by molar-refractivity contribution is 6.04. The summed E-state index contributed by atoms with van der Waals surface area (Å²) in [4.78, 5) is 13.1. The first kappa shape index (κ1) is 21.1. The second-order valence-corrected chi connectivity index (χ2v) is 7.27. The Kier molecular flexibility index (Phi) is 6.72. The number of aryl methyl sites for hydroxylation is 1. The lowest BCUT2D eigenvalue weighted by atomic mass is 10.1. The molecule has 152 valence electrons. The molecule has 4 rings (SSSR count). The molecule has 0 radical (unpaired) electrons. The van der Waals surface area contributed by atoms with Gasteiger partial charge >= 0.3 is 0 Å². The van der Waals surface area contributed by atoms with Crippen LogP contribution in [0.1, 0.15) is 46.2 Å². The van der Waals surface area contributed by atoms with Gasteiger partial charge in [-0.2, -0.15) is 5.10 Å². The molecule has 0 fully saturated rings. The molecular formula is C23H27ClN4O. The zero-order valence-corrected chi connectivity index (χ0v) is 17.7. The Bertz CT molecular complexity index is 995. The summed E-state index contributed by atoms with van der Waals surface area (Å²) in [7, 11) is 0. The average molecular weight is 411 g/mol. The molecule has 1 aliphatic rings. The minimum atomic E-state index is -0.132. The minimum absolute atomic E-state index is 0. The van der Waals surface area contributed by atoms with Crippen LogP contribution in [0.4, 0.5) is 5.69 Å². The highest BCUT2D eigenvalue weighted by atomic mass is 35.5. The zero-order valence-electron chi connectivity index (χ0n) is 16.9. The summed E-state index contributed by atoms with van der Waals surface area (Å²) in [5.74, 6) is -0.132. The highest BCUT2D eigenvalue weighted by Crippen LogP contribution is 2.28. The number of para-hydroxylation sites is 1. The molecule has 5 nitrogen and oxygen atoms in total. The van der Waals surface area contributed by atoms with Gasteiger partial charge in [0.1, 0.15) is 0 Å². The SMILES string of the molecule is CCNCc1ccccc1NC(=O)c1nn(-c2ccc(C)cc2)c2c1CCC2.Cl. The average Bonchev–Trinajstić information content (AvgIpc) is 3.31. The lowest BCUT2D eigenvalue weighted by Crippen LogP contribution is -2.18. The van der Waals surface area contributed by atoms with Gasteiger partial charge in [-0.05, 0) is 56.5 Å². The van der Waals surface area contributed by atoms with E-state index in [0.29, 0.717) is 5.69 Å². The lowest BCUT2D eigenvalue weighted by Gasteiger charge is -2.11. The molecular weight excluding hydrogens is 384 g/mol. The summed E-state index contributed by atoms with van der Waals surface area (Å²) in [5, 5.41) is 11.1. The van der Waals surface area contributed by atoms with Crippen LogP contribution in [0.3, 0.4) is 0 Å². The van der Waals surface area contributed by atoms with E-state index >= 15 is 0 Å². The molecule has 0 unspecified atom stereocenters. The van der Waals surface area contributed by atoms with E-state index in [2.05, 4.69) is 48.7 Å². The number of carbonyl (C=O) groups excluding carboxylic acids is 1. The van der Waals surface area contributed by atoms with E-state index in [0.717, 1.165) is 60.5 Å². The number of hydrogen-bond donors (Lipinski definition) is 2. The molecule has 0 saturated heterocycles. The van der Waals surface area contributed by atoms with Crippen LogP contribution in [0.2, 0.25) is 0 Å². The molecule has 2 N–H and O–H groups in total. The lowest BCUT2D eigenvalue weighted by molar-refractivity contribution is 0.102. The van der Waals surface area contributed by atoms with Gasteiger partial charge in [-0.25, -0.2) is 4.68 Å². The molecule has 0 atom stereocenters. The van der Waals surface area contributed by atoms with Crippen LogP contribution in [-0.2, 0) is 19.4 Å². The Morgan fingerprint density at radius 1 is 1.10 bits per heavy atom. The summed E-state index contributed by atoms with van der Waals surface area (Å²) >= 11 is 0. The van der Waals surface area contributed by atoms with Gasteiger partial charge in [0, 0.05) is 23.5 Å². The molecule has 29 heavy (non-hydrogen) atoms. The van der Waals surface area contributed by atoms with E-state index in [1.165, 1.54) is 5.56 Å². The highest BCUT2D eigenvalue weighted by Gasteiger charge is 2.27. The van der Waals surface area contributed by atoms with Crippen LogP contribution in [0, 0.1) is 6.92 Å². The number of nitrogens with one attached hydrogen (secondary N) is 2. The Morgan fingerprint density at radius 3 is 2.62 bits per heavy atom. The van der Waals surface area contributed by atoms with E-state index in [9.17, 15) is 4.79 Å². The molecule has 1 amide bonds. The number of aromatic nitrogens is 2. The predicted molar refractivity (Wildman–Crippen MR) is 119 cm³/mol. The number of rotatable bonds is 6. The number of anilines is 1. The van der Waals surface area contributed by atoms with Gasteiger partial charge in [0.05, 0.1) is 5.69 Å². The van der Waals surface area contributed by atoms with Crippen molar-refractivity contribution in [1.82, 2.24) is 15.1 Å². The standard InChI is InChI=1S/C23H26N4O.ClH/c1-3-24-15-17-7-4-5-9-20(17)25-23(28)22-19-8-6-10-21(19)27(26-22)18-13-11-16(2)12-14-18;/h4-5,7,9,11-14,24H,3,6,8,10,15H2,1-2H3,(H,25,28);1H. The van der Waals surface area contributed by atoms with Crippen molar-refractivity contribution >= 4 is 24.0 Å². The van der Waals surface area contributed by atoms with Gasteiger partial charge in [0.25, 0.3) is 5.91 Å². The fourth-order valence-electron chi connectivity index (χ4n) is 3.76. The first-order valence-electron chi connectivity index (χ1n) is 9.95. The van der Waals surface area contributed by atoms with Crippen LogP contribution in [0.15, 0.2) is 48.5 Å². The molecule has 0 aliphatic heterocycles. The van der Waals surface area contributed by atoms with Crippen molar-refractivity contribution in [3.63, 3.8) is 0 Å². The fraction of sp³-hybridized carbons (Fsp3) is 0.304. The molecule has 0 spiro atoms. The third kappa shape index (κ3) is 4.36. The third-order valence-corrected chi connectivity index (χ3v) is 5.25. The van der Waals surface area contributed by atoms with Crippen LogP contribution < -0.4 is 10.6 Å². The molecule has 1 heterocycles. The van der Waals surface area contributed by atoms with Crippen molar-refractivity contribution in [2.75, 3.05) is 11.9 Å². The van der Waals surface area contributed by atoms with Crippen molar-refractivity contribution in [3.05, 3.63) is 76.6 Å². The number of amides is 1. The fourth-order valence-corrected chi connectivity index (χ4v) is 3.76. The van der Waals surface area contributed by atoms with E-state index in [1.54, 1.807) is 0 Å². The van der Waals surface area contributed by atoms with E-state index in [4.69, 9.17) is 5.10 Å². The maximum Gasteiger partial charge on any atom is 0.276 e. The van der Waals surface area contributed by atoms with Crippen molar-refractivity contribution < 1.29 is 4.79 Å².